The van der Waals surface area contributed by atoms with Gasteiger partial charge in [0, 0.05) is 17.7 Å². The van der Waals surface area contributed by atoms with Crippen molar-refractivity contribution in [1.82, 2.24) is 5.32 Å². The smallest absolute Gasteiger partial charge is 0.251 e. The van der Waals surface area contributed by atoms with Crippen molar-refractivity contribution < 1.29 is 23.4 Å². The summed E-state index contributed by atoms with van der Waals surface area (Å²) in [4.78, 5) is 12.4. The lowest BCUT2D eigenvalue weighted by Crippen LogP contribution is -2.52. The van der Waals surface area contributed by atoms with Gasteiger partial charge in [-0.15, -0.1) is 0 Å². The van der Waals surface area contributed by atoms with E-state index >= 15 is 0 Å². The van der Waals surface area contributed by atoms with Crippen LogP contribution >= 0.6 is 0 Å². The summed E-state index contributed by atoms with van der Waals surface area (Å²) >= 11 is 0. The van der Waals surface area contributed by atoms with Gasteiger partial charge in [-0.2, -0.15) is 0 Å². The van der Waals surface area contributed by atoms with Gasteiger partial charge < -0.3 is 15.2 Å². The maximum Gasteiger partial charge on any atom is 0.251 e. The Hall–Kier alpha value is -2.31. The summed E-state index contributed by atoms with van der Waals surface area (Å²) in [5, 5.41) is 12.2. The number of rotatable bonds is 4. The summed E-state index contributed by atoms with van der Waals surface area (Å²) in [7, 11) is 0. The van der Waals surface area contributed by atoms with Gasteiger partial charge in [0.05, 0.1) is 18.8 Å². The van der Waals surface area contributed by atoms with Crippen molar-refractivity contribution in [2.75, 3.05) is 19.8 Å². The van der Waals surface area contributed by atoms with Crippen molar-refractivity contribution in [3.8, 4) is 11.1 Å². The highest BCUT2D eigenvalue weighted by atomic mass is 19.1. The fraction of sp³-hybridized carbons (Fsp3) is 0.316. The first kappa shape index (κ1) is 17.5. The van der Waals surface area contributed by atoms with E-state index in [0.29, 0.717) is 29.7 Å². The van der Waals surface area contributed by atoms with E-state index in [1.54, 1.807) is 6.92 Å². The van der Waals surface area contributed by atoms with Gasteiger partial charge in [-0.05, 0) is 48.7 Å². The number of aryl methyl sites for hydroxylation is 1. The Labute approximate surface area is 144 Å². The molecule has 0 unspecified atom stereocenters. The third kappa shape index (κ3) is 3.55. The van der Waals surface area contributed by atoms with Crippen LogP contribution in [0.3, 0.4) is 0 Å². The minimum absolute atomic E-state index is 0.153. The van der Waals surface area contributed by atoms with Crippen molar-refractivity contribution >= 4 is 5.91 Å². The predicted octanol–water partition coefficient (Wildman–Crippen LogP) is 2.82. The number of hydrogen-bond acceptors (Lipinski definition) is 3. The molecular weight excluding hydrogens is 328 g/mol. The molecule has 0 aliphatic carbocycles. The second kappa shape index (κ2) is 6.90. The molecule has 0 saturated carbocycles. The van der Waals surface area contributed by atoms with Gasteiger partial charge in [0.15, 0.2) is 0 Å². The number of hydrogen-bond donors (Lipinski definition) is 2. The number of halogens is 2. The van der Waals surface area contributed by atoms with E-state index < -0.39 is 17.3 Å². The van der Waals surface area contributed by atoms with E-state index in [4.69, 9.17) is 4.74 Å². The summed E-state index contributed by atoms with van der Waals surface area (Å²) in [6.45, 7) is 2.14. The molecule has 1 amide bonds. The van der Waals surface area contributed by atoms with Crippen LogP contribution in [0.25, 0.3) is 11.1 Å². The molecule has 25 heavy (non-hydrogen) atoms. The topological polar surface area (TPSA) is 58.6 Å². The molecule has 6 heteroatoms. The van der Waals surface area contributed by atoms with E-state index in [0.717, 1.165) is 6.07 Å². The highest BCUT2D eigenvalue weighted by molar-refractivity contribution is 5.95. The van der Waals surface area contributed by atoms with Crippen molar-refractivity contribution in [3.63, 3.8) is 0 Å². The van der Waals surface area contributed by atoms with E-state index in [9.17, 15) is 18.7 Å². The van der Waals surface area contributed by atoms with E-state index in [-0.39, 0.29) is 24.6 Å². The van der Waals surface area contributed by atoms with Crippen LogP contribution in [-0.4, -0.2) is 36.4 Å². The molecule has 1 fully saturated rings. The molecule has 1 saturated heterocycles. The van der Waals surface area contributed by atoms with E-state index in [1.165, 1.54) is 30.3 Å². The number of benzene rings is 2. The van der Waals surface area contributed by atoms with Crippen LogP contribution in [0.2, 0.25) is 0 Å². The zero-order valence-electron chi connectivity index (χ0n) is 13.8. The summed E-state index contributed by atoms with van der Waals surface area (Å²) in [6.07, 6.45) is 0.505. The highest BCUT2D eigenvalue weighted by Crippen LogP contribution is 2.27. The summed E-state index contributed by atoms with van der Waals surface area (Å²) in [5.74, 6) is -1.42. The Morgan fingerprint density at radius 2 is 2.00 bits per heavy atom. The summed E-state index contributed by atoms with van der Waals surface area (Å²) in [6, 6.07) is 8.28. The minimum Gasteiger partial charge on any atom is -0.394 e. The van der Waals surface area contributed by atoms with Crippen molar-refractivity contribution in [3.05, 3.63) is 59.2 Å². The van der Waals surface area contributed by atoms with Gasteiger partial charge in [0.25, 0.3) is 5.91 Å². The van der Waals surface area contributed by atoms with Crippen LogP contribution in [0.4, 0.5) is 8.78 Å². The Morgan fingerprint density at radius 1 is 1.24 bits per heavy atom. The van der Waals surface area contributed by atoms with Gasteiger partial charge in [-0.25, -0.2) is 8.78 Å². The molecular formula is C19H19F2NO3. The molecule has 0 spiro atoms. The van der Waals surface area contributed by atoms with Gasteiger partial charge in [-0.3, -0.25) is 4.79 Å². The molecule has 1 aliphatic rings. The number of carbonyl (C=O) groups excluding carboxylic acids is 1. The van der Waals surface area contributed by atoms with Crippen LogP contribution in [-0.2, 0) is 4.74 Å². The fourth-order valence-electron chi connectivity index (χ4n) is 2.99. The number of nitrogens with one attached hydrogen (secondary N) is 1. The van der Waals surface area contributed by atoms with Crippen molar-refractivity contribution in [2.45, 2.75) is 18.9 Å². The van der Waals surface area contributed by atoms with Crippen LogP contribution in [0.1, 0.15) is 22.3 Å². The number of amides is 1. The molecule has 0 aromatic heterocycles. The molecule has 0 radical (unpaired) electrons. The second-order valence-electron chi connectivity index (χ2n) is 6.35. The lowest BCUT2D eigenvalue weighted by Gasteiger charge is -2.26. The molecule has 132 valence electrons. The SMILES string of the molecule is Cc1cc(F)ccc1-c1ccc(C(=O)N[C@@]2(CO)CCOC2)cc1F. The third-order valence-corrected chi connectivity index (χ3v) is 4.49. The van der Waals surface area contributed by atoms with E-state index in [1.807, 2.05) is 0 Å². The third-order valence-electron chi connectivity index (χ3n) is 4.49. The second-order valence-corrected chi connectivity index (χ2v) is 6.35. The average molecular weight is 347 g/mol. The Morgan fingerprint density at radius 3 is 2.60 bits per heavy atom. The zero-order chi connectivity index (χ0) is 18.0. The molecule has 2 aromatic carbocycles. The zero-order valence-corrected chi connectivity index (χ0v) is 13.8. The van der Waals surface area contributed by atoms with Gasteiger partial charge >= 0.3 is 0 Å². The number of aliphatic hydroxyl groups is 1. The number of ether oxygens (including phenoxy) is 1. The largest absolute Gasteiger partial charge is 0.394 e. The minimum atomic E-state index is -0.820. The molecule has 1 aliphatic heterocycles. The van der Waals surface area contributed by atoms with Gasteiger partial charge in [0.1, 0.15) is 11.6 Å². The van der Waals surface area contributed by atoms with Crippen LogP contribution in [0.5, 0.6) is 0 Å². The first-order chi connectivity index (χ1) is 11.9. The van der Waals surface area contributed by atoms with Crippen molar-refractivity contribution in [2.24, 2.45) is 0 Å². The molecule has 0 bridgehead atoms. The Bertz CT molecular complexity index is 801. The molecule has 1 atom stereocenters. The van der Waals surface area contributed by atoms with Crippen LogP contribution < -0.4 is 5.32 Å². The summed E-state index contributed by atoms with van der Waals surface area (Å²) in [5.41, 5.74) is 0.816. The maximum absolute atomic E-state index is 14.5. The normalized spacial score (nSPS) is 19.8. The molecule has 2 aromatic rings. The molecule has 1 heterocycles. The Kier molecular flexibility index (Phi) is 4.83. The predicted molar refractivity (Wildman–Crippen MR) is 89.3 cm³/mol. The molecule has 4 nitrogen and oxygen atoms in total. The monoisotopic (exact) mass is 347 g/mol. The summed E-state index contributed by atoms with van der Waals surface area (Å²) < 4.78 is 33.0. The lowest BCUT2D eigenvalue weighted by molar-refractivity contribution is 0.0789. The van der Waals surface area contributed by atoms with Gasteiger partial charge in [-0.1, -0.05) is 12.1 Å². The molecule has 2 N–H and O–H groups in total. The Balaban J connectivity index is 1.85. The van der Waals surface area contributed by atoms with Crippen molar-refractivity contribution in [1.29, 1.82) is 0 Å². The quantitative estimate of drug-likeness (QED) is 0.894. The van der Waals surface area contributed by atoms with Crippen LogP contribution in [0.15, 0.2) is 36.4 Å². The first-order valence-corrected chi connectivity index (χ1v) is 8.01. The first-order valence-electron chi connectivity index (χ1n) is 8.01. The fourth-order valence-corrected chi connectivity index (χ4v) is 2.99. The van der Waals surface area contributed by atoms with Crippen LogP contribution in [0, 0.1) is 18.6 Å². The van der Waals surface area contributed by atoms with Gasteiger partial charge in [0.2, 0.25) is 0 Å². The van der Waals surface area contributed by atoms with E-state index in [2.05, 4.69) is 5.32 Å². The standard InChI is InChI=1S/C19H19F2NO3/c1-12-8-14(20)3-5-15(12)16-4-2-13(9-17(16)21)18(24)22-19(10-23)6-7-25-11-19/h2-5,8-9,23H,6-7,10-11H2,1H3,(H,22,24)/t19-/m1/s1. The number of aliphatic hydroxyl groups excluding tert-OH is 1. The molecule has 3 rings (SSSR count). The average Bonchev–Trinajstić information content (AvgIpc) is 3.04. The number of carbonyl (C=O) groups is 1. The lowest BCUT2D eigenvalue weighted by atomic mass is 9.97. The maximum atomic E-state index is 14.5. The highest BCUT2D eigenvalue weighted by Gasteiger charge is 2.36.